The molecule has 0 heterocycles. The number of hydrogen-bond acceptors (Lipinski definition) is 2. The van der Waals surface area contributed by atoms with Crippen LogP contribution in [0, 0.1) is 0 Å². The highest BCUT2D eigenvalue weighted by atomic mass is 16.3. The molecule has 0 aliphatic rings. The molecule has 1 aromatic carbocycles. The third kappa shape index (κ3) is 8.37. The van der Waals surface area contributed by atoms with Gasteiger partial charge in [-0.2, -0.15) is 0 Å². The van der Waals surface area contributed by atoms with Crippen LogP contribution in [-0.4, -0.2) is 11.0 Å². The third-order valence-electron chi connectivity index (χ3n) is 4.68. The average molecular weight is 334 g/mol. The minimum absolute atomic E-state index is 0.0630. The Balaban J connectivity index is 2.03. The summed E-state index contributed by atoms with van der Waals surface area (Å²) in [7, 11) is 0. The van der Waals surface area contributed by atoms with Gasteiger partial charge < -0.3 is 10.8 Å². The lowest BCUT2D eigenvalue weighted by Crippen LogP contribution is -2.11. The van der Waals surface area contributed by atoms with Crippen molar-refractivity contribution in [2.75, 3.05) is 0 Å². The lowest BCUT2D eigenvalue weighted by molar-refractivity contribution is 0.0997. The first-order valence-electron chi connectivity index (χ1n) is 9.77. The van der Waals surface area contributed by atoms with Crippen LogP contribution in [0.25, 0.3) is 0 Å². The number of nitrogens with two attached hydrogens (primary N) is 1. The Kier molecular flexibility index (Phi) is 11.0. The van der Waals surface area contributed by atoms with Gasteiger partial charge in [-0.1, -0.05) is 89.7 Å². The number of unbranched alkanes of at least 4 members (excludes halogenated alkanes) is 11. The summed E-state index contributed by atoms with van der Waals surface area (Å²) < 4.78 is 0. The SMILES string of the molecule is CCCCCCCCCCCCCCc1cccc(C(N)=O)c1O. The van der Waals surface area contributed by atoms with Crippen molar-refractivity contribution in [1.29, 1.82) is 0 Å². The van der Waals surface area contributed by atoms with Crippen LogP contribution in [0.1, 0.15) is 99.9 Å². The highest BCUT2D eigenvalue weighted by molar-refractivity contribution is 5.95. The number of rotatable bonds is 14. The predicted octanol–water partition coefficient (Wildman–Crippen LogP) is 5.73. The van der Waals surface area contributed by atoms with Crippen molar-refractivity contribution in [3.05, 3.63) is 29.3 Å². The molecule has 1 aromatic rings. The molecule has 0 saturated heterocycles. The Morgan fingerprint density at radius 1 is 0.875 bits per heavy atom. The zero-order valence-electron chi connectivity index (χ0n) is 15.4. The molecule has 136 valence electrons. The molecule has 1 amide bonds. The van der Waals surface area contributed by atoms with Gasteiger partial charge in [0.1, 0.15) is 5.75 Å². The van der Waals surface area contributed by atoms with Gasteiger partial charge >= 0.3 is 0 Å². The molecule has 0 aromatic heterocycles. The van der Waals surface area contributed by atoms with Crippen LogP contribution in [0.4, 0.5) is 0 Å². The number of amides is 1. The molecule has 3 heteroatoms. The van der Waals surface area contributed by atoms with E-state index in [1.54, 1.807) is 12.1 Å². The average Bonchev–Trinajstić information content (AvgIpc) is 2.57. The predicted molar refractivity (Wildman–Crippen MR) is 101 cm³/mol. The number of para-hydroxylation sites is 1. The molecular weight excluding hydrogens is 298 g/mol. The molecule has 0 spiro atoms. The zero-order chi connectivity index (χ0) is 17.6. The number of hydrogen-bond donors (Lipinski definition) is 2. The Morgan fingerprint density at radius 2 is 1.38 bits per heavy atom. The van der Waals surface area contributed by atoms with Crippen molar-refractivity contribution in [2.45, 2.75) is 90.4 Å². The molecule has 0 atom stereocenters. The fraction of sp³-hybridized carbons (Fsp3) is 0.667. The van der Waals surface area contributed by atoms with Gasteiger partial charge in [-0.05, 0) is 24.5 Å². The maximum Gasteiger partial charge on any atom is 0.252 e. The molecule has 0 radical (unpaired) electrons. The van der Waals surface area contributed by atoms with Crippen molar-refractivity contribution in [1.82, 2.24) is 0 Å². The number of aromatic hydroxyl groups is 1. The molecule has 0 fully saturated rings. The summed E-state index contributed by atoms with van der Waals surface area (Å²) in [5.74, 6) is -0.503. The van der Waals surface area contributed by atoms with E-state index in [0.29, 0.717) is 0 Å². The van der Waals surface area contributed by atoms with Gasteiger partial charge in [0.2, 0.25) is 0 Å². The van der Waals surface area contributed by atoms with E-state index >= 15 is 0 Å². The van der Waals surface area contributed by atoms with Gasteiger partial charge in [-0.25, -0.2) is 0 Å². The first-order chi connectivity index (χ1) is 11.7. The molecule has 1 rings (SSSR count). The number of aryl methyl sites for hydroxylation is 1. The van der Waals surface area contributed by atoms with Crippen LogP contribution < -0.4 is 5.73 Å². The van der Waals surface area contributed by atoms with E-state index in [1.165, 1.54) is 70.6 Å². The molecule has 0 aliphatic heterocycles. The van der Waals surface area contributed by atoms with Gasteiger partial charge in [-0.15, -0.1) is 0 Å². The molecule has 24 heavy (non-hydrogen) atoms. The van der Waals surface area contributed by atoms with Crippen molar-refractivity contribution >= 4 is 5.91 Å². The largest absolute Gasteiger partial charge is 0.507 e. The quantitative estimate of drug-likeness (QED) is 0.427. The van der Waals surface area contributed by atoms with E-state index < -0.39 is 5.91 Å². The lowest BCUT2D eigenvalue weighted by atomic mass is 10.0. The van der Waals surface area contributed by atoms with Crippen LogP contribution in [0.15, 0.2) is 18.2 Å². The van der Waals surface area contributed by atoms with Crippen LogP contribution in [0.5, 0.6) is 5.75 Å². The summed E-state index contributed by atoms with van der Waals surface area (Å²) in [4.78, 5) is 11.2. The van der Waals surface area contributed by atoms with Gasteiger partial charge in [0.25, 0.3) is 5.91 Å². The van der Waals surface area contributed by atoms with Gasteiger partial charge in [0.05, 0.1) is 5.56 Å². The molecule has 3 N–H and O–H groups in total. The van der Waals surface area contributed by atoms with E-state index in [1.807, 2.05) is 6.07 Å². The first kappa shape index (κ1) is 20.5. The molecular formula is C21H35NO2. The number of benzene rings is 1. The summed E-state index contributed by atoms with van der Waals surface area (Å²) in [6.07, 6.45) is 16.6. The van der Waals surface area contributed by atoms with E-state index in [2.05, 4.69) is 6.92 Å². The van der Waals surface area contributed by atoms with E-state index in [4.69, 9.17) is 5.73 Å². The van der Waals surface area contributed by atoms with Crippen molar-refractivity contribution in [3.8, 4) is 5.75 Å². The van der Waals surface area contributed by atoms with E-state index in [9.17, 15) is 9.90 Å². The second kappa shape index (κ2) is 12.9. The summed E-state index contributed by atoms with van der Waals surface area (Å²) >= 11 is 0. The zero-order valence-corrected chi connectivity index (χ0v) is 15.4. The normalized spacial score (nSPS) is 10.9. The monoisotopic (exact) mass is 333 g/mol. The van der Waals surface area contributed by atoms with Crippen molar-refractivity contribution < 1.29 is 9.90 Å². The molecule has 3 nitrogen and oxygen atoms in total. The Hall–Kier alpha value is -1.51. The Morgan fingerprint density at radius 3 is 1.88 bits per heavy atom. The Labute approximate surface area is 147 Å². The van der Waals surface area contributed by atoms with Crippen LogP contribution in [0.2, 0.25) is 0 Å². The fourth-order valence-corrected chi connectivity index (χ4v) is 3.15. The molecule has 0 unspecified atom stereocenters. The van der Waals surface area contributed by atoms with Gasteiger partial charge in [0, 0.05) is 0 Å². The minimum Gasteiger partial charge on any atom is -0.507 e. The number of phenols is 1. The summed E-state index contributed by atoms with van der Waals surface area (Å²) in [5.41, 5.74) is 6.31. The Bertz CT molecular complexity index is 471. The lowest BCUT2D eigenvalue weighted by Gasteiger charge is -2.07. The van der Waals surface area contributed by atoms with Gasteiger partial charge in [0.15, 0.2) is 0 Å². The standard InChI is InChI=1S/C21H35NO2/c1-2-3-4-5-6-7-8-9-10-11-12-13-15-18-16-14-17-19(20(18)23)21(22)24/h14,16-17,23H,2-13,15H2,1H3,(H2,22,24). The molecule has 0 aliphatic carbocycles. The second-order valence-electron chi connectivity index (χ2n) is 6.82. The van der Waals surface area contributed by atoms with Crippen LogP contribution in [0.3, 0.4) is 0 Å². The number of carbonyl (C=O) groups excluding carboxylic acids is 1. The molecule has 0 bridgehead atoms. The van der Waals surface area contributed by atoms with E-state index in [0.717, 1.165) is 18.4 Å². The first-order valence-corrected chi connectivity index (χ1v) is 9.77. The van der Waals surface area contributed by atoms with Crippen LogP contribution >= 0.6 is 0 Å². The highest BCUT2D eigenvalue weighted by Gasteiger charge is 2.10. The summed E-state index contributed by atoms with van der Waals surface area (Å²) in [6, 6.07) is 5.24. The molecule has 0 saturated carbocycles. The minimum atomic E-state index is -0.566. The number of primary amides is 1. The maximum absolute atomic E-state index is 11.2. The second-order valence-corrected chi connectivity index (χ2v) is 6.82. The number of carbonyl (C=O) groups is 1. The topological polar surface area (TPSA) is 63.3 Å². The third-order valence-corrected chi connectivity index (χ3v) is 4.68. The smallest absolute Gasteiger partial charge is 0.252 e. The summed E-state index contributed by atoms with van der Waals surface area (Å²) in [5, 5.41) is 10.0. The highest BCUT2D eigenvalue weighted by Crippen LogP contribution is 2.24. The van der Waals surface area contributed by atoms with Gasteiger partial charge in [-0.3, -0.25) is 4.79 Å². The maximum atomic E-state index is 11.2. The van der Waals surface area contributed by atoms with Crippen molar-refractivity contribution in [2.24, 2.45) is 5.73 Å². The van der Waals surface area contributed by atoms with Crippen molar-refractivity contribution in [3.63, 3.8) is 0 Å². The van der Waals surface area contributed by atoms with E-state index in [-0.39, 0.29) is 11.3 Å². The fourth-order valence-electron chi connectivity index (χ4n) is 3.15. The summed E-state index contributed by atoms with van der Waals surface area (Å²) in [6.45, 7) is 2.26. The van der Waals surface area contributed by atoms with Crippen LogP contribution in [-0.2, 0) is 6.42 Å².